The van der Waals surface area contributed by atoms with Gasteiger partial charge in [0, 0.05) is 0 Å². The first-order chi connectivity index (χ1) is 6.80. The van der Waals surface area contributed by atoms with Crippen molar-refractivity contribution in [2.24, 2.45) is 0 Å². The van der Waals surface area contributed by atoms with Crippen LogP contribution in [0.25, 0.3) is 0 Å². The summed E-state index contributed by atoms with van der Waals surface area (Å²) in [5.41, 5.74) is 0. The van der Waals surface area contributed by atoms with E-state index in [1.807, 2.05) is 0 Å². The Balaban J connectivity index is 2.64. The van der Waals surface area contributed by atoms with Gasteiger partial charge in [-0.25, -0.2) is 4.98 Å². The van der Waals surface area contributed by atoms with Crippen LogP contribution in [0.4, 0.5) is 13.2 Å². The molecule has 1 amide bonds. The molecule has 0 bridgehead atoms. The van der Waals surface area contributed by atoms with Crippen LogP contribution in [0, 0.1) is 6.92 Å². The molecule has 1 heterocycles. The summed E-state index contributed by atoms with van der Waals surface area (Å²) in [6.07, 6.45) is -4.89. The number of carbonyl (C=O) groups is 1. The first-order valence-corrected chi connectivity index (χ1v) is 4.07. The van der Waals surface area contributed by atoms with Crippen molar-refractivity contribution in [1.82, 2.24) is 20.5 Å². The maximum atomic E-state index is 11.9. The molecule has 1 aromatic rings. The minimum absolute atomic E-state index is 0.116. The molecule has 0 spiro atoms. The second kappa shape index (κ2) is 3.87. The highest BCUT2D eigenvalue weighted by Crippen LogP contribution is 2.16. The van der Waals surface area contributed by atoms with Crippen LogP contribution in [0.15, 0.2) is 0 Å². The van der Waals surface area contributed by atoms with Gasteiger partial charge in [0.1, 0.15) is 5.82 Å². The van der Waals surface area contributed by atoms with E-state index in [0.29, 0.717) is 5.82 Å². The molecular formula is C7H9F3N4O. The number of nitrogens with one attached hydrogen (secondary N) is 2. The maximum absolute atomic E-state index is 11.9. The molecule has 1 rings (SSSR count). The number of alkyl halides is 3. The number of hydrogen-bond donors (Lipinski definition) is 2. The van der Waals surface area contributed by atoms with Crippen molar-refractivity contribution in [3.8, 4) is 0 Å². The van der Waals surface area contributed by atoms with Gasteiger partial charge < -0.3 is 5.32 Å². The van der Waals surface area contributed by atoms with Gasteiger partial charge in [0.2, 0.25) is 0 Å². The average Bonchev–Trinajstić information content (AvgIpc) is 2.50. The predicted octanol–water partition coefficient (Wildman–Crippen LogP) is 0.853. The van der Waals surface area contributed by atoms with E-state index in [9.17, 15) is 18.0 Å². The first-order valence-electron chi connectivity index (χ1n) is 4.07. The van der Waals surface area contributed by atoms with Crippen molar-refractivity contribution in [2.45, 2.75) is 26.1 Å². The van der Waals surface area contributed by atoms with E-state index in [1.54, 1.807) is 12.2 Å². The molecule has 8 heteroatoms. The number of aromatic amines is 1. The van der Waals surface area contributed by atoms with Crippen LogP contribution in [-0.2, 0) is 4.79 Å². The summed E-state index contributed by atoms with van der Waals surface area (Å²) in [5.74, 6) is -1.42. The van der Waals surface area contributed by atoms with Crippen LogP contribution in [-0.4, -0.2) is 27.3 Å². The molecule has 5 nitrogen and oxygen atoms in total. The summed E-state index contributed by atoms with van der Waals surface area (Å²) in [5, 5.41) is 7.84. The molecule has 84 valence electrons. The van der Waals surface area contributed by atoms with E-state index >= 15 is 0 Å². The summed E-state index contributed by atoms with van der Waals surface area (Å²) >= 11 is 0. The normalized spacial score (nSPS) is 13.7. The molecule has 1 atom stereocenters. The molecule has 1 aromatic heterocycles. The van der Waals surface area contributed by atoms with E-state index < -0.39 is 18.1 Å². The second-order valence-electron chi connectivity index (χ2n) is 2.97. The van der Waals surface area contributed by atoms with Crippen molar-refractivity contribution >= 4 is 5.91 Å². The number of aromatic nitrogens is 3. The molecule has 0 fully saturated rings. The van der Waals surface area contributed by atoms with Crippen molar-refractivity contribution < 1.29 is 18.0 Å². The van der Waals surface area contributed by atoms with E-state index in [4.69, 9.17) is 0 Å². The van der Waals surface area contributed by atoms with Crippen LogP contribution < -0.4 is 5.32 Å². The lowest BCUT2D eigenvalue weighted by Crippen LogP contribution is -2.38. The summed E-state index contributed by atoms with van der Waals surface area (Å²) in [7, 11) is 0. The third-order valence-corrected chi connectivity index (χ3v) is 1.61. The maximum Gasteiger partial charge on any atom is 0.471 e. The van der Waals surface area contributed by atoms with Crippen LogP contribution in [0.2, 0.25) is 0 Å². The molecule has 0 aliphatic rings. The van der Waals surface area contributed by atoms with Crippen LogP contribution in [0.1, 0.15) is 24.6 Å². The largest absolute Gasteiger partial charge is 0.471 e. The Bertz CT molecular complexity index is 359. The van der Waals surface area contributed by atoms with Gasteiger partial charge >= 0.3 is 12.1 Å². The van der Waals surface area contributed by atoms with E-state index in [-0.39, 0.29) is 5.82 Å². The first kappa shape index (κ1) is 11.5. The van der Waals surface area contributed by atoms with E-state index in [0.717, 1.165) is 0 Å². The lowest BCUT2D eigenvalue weighted by Gasteiger charge is -2.11. The molecule has 0 aliphatic carbocycles. The van der Waals surface area contributed by atoms with Gasteiger partial charge in [-0.2, -0.15) is 18.3 Å². The van der Waals surface area contributed by atoms with Crippen molar-refractivity contribution in [3.63, 3.8) is 0 Å². The van der Waals surface area contributed by atoms with Gasteiger partial charge in [-0.3, -0.25) is 9.89 Å². The Hall–Kier alpha value is -1.60. The lowest BCUT2D eigenvalue weighted by molar-refractivity contribution is -0.174. The summed E-state index contributed by atoms with van der Waals surface area (Å²) < 4.78 is 35.6. The number of amides is 1. The van der Waals surface area contributed by atoms with Gasteiger partial charge in [0.15, 0.2) is 5.82 Å². The van der Waals surface area contributed by atoms with Gasteiger partial charge in [0.25, 0.3) is 0 Å². The number of aryl methyl sites for hydroxylation is 1. The molecule has 2 N–H and O–H groups in total. The van der Waals surface area contributed by atoms with Crippen molar-refractivity contribution in [1.29, 1.82) is 0 Å². The Labute approximate surface area is 83.1 Å². The van der Waals surface area contributed by atoms with Crippen molar-refractivity contribution in [3.05, 3.63) is 11.6 Å². The van der Waals surface area contributed by atoms with Gasteiger partial charge in [0.05, 0.1) is 6.04 Å². The molecule has 0 aromatic carbocycles. The fourth-order valence-corrected chi connectivity index (χ4v) is 0.897. The number of nitrogens with zero attached hydrogens (tertiary/aromatic N) is 2. The zero-order chi connectivity index (χ0) is 11.6. The fraction of sp³-hybridized carbons (Fsp3) is 0.571. The number of rotatable bonds is 2. The average molecular weight is 222 g/mol. The smallest absolute Gasteiger partial charge is 0.338 e. The van der Waals surface area contributed by atoms with Gasteiger partial charge in [-0.05, 0) is 13.8 Å². The lowest BCUT2D eigenvalue weighted by atomic mass is 10.3. The number of hydrogen-bond acceptors (Lipinski definition) is 3. The van der Waals surface area contributed by atoms with E-state index in [2.05, 4.69) is 15.2 Å². The van der Waals surface area contributed by atoms with Gasteiger partial charge in [-0.15, -0.1) is 0 Å². The van der Waals surface area contributed by atoms with Crippen LogP contribution >= 0.6 is 0 Å². The molecule has 0 saturated carbocycles. The van der Waals surface area contributed by atoms with E-state index in [1.165, 1.54) is 6.92 Å². The van der Waals surface area contributed by atoms with Crippen LogP contribution in [0.5, 0.6) is 0 Å². The number of halogens is 3. The third kappa shape index (κ3) is 2.93. The quantitative estimate of drug-likeness (QED) is 0.779. The Morgan fingerprint density at radius 1 is 1.53 bits per heavy atom. The highest BCUT2D eigenvalue weighted by atomic mass is 19.4. The van der Waals surface area contributed by atoms with Crippen LogP contribution in [0.3, 0.4) is 0 Å². The monoisotopic (exact) mass is 222 g/mol. The molecular weight excluding hydrogens is 213 g/mol. The Morgan fingerprint density at radius 2 is 2.13 bits per heavy atom. The highest BCUT2D eigenvalue weighted by molar-refractivity contribution is 5.81. The number of carbonyl (C=O) groups excluding carboxylic acids is 1. The van der Waals surface area contributed by atoms with Crippen molar-refractivity contribution in [2.75, 3.05) is 0 Å². The summed E-state index contributed by atoms with van der Waals surface area (Å²) in [6.45, 7) is 2.97. The predicted molar refractivity (Wildman–Crippen MR) is 43.7 cm³/mol. The molecule has 1 unspecified atom stereocenters. The third-order valence-electron chi connectivity index (χ3n) is 1.61. The standard InChI is InChI=1S/C7H9F3N4O/c1-3(5-12-4(2)13-14-5)11-6(15)7(8,9)10/h3H,1-2H3,(H,11,15)(H,12,13,14). The molecule has 0 saturated heterocycles. The topological polar surface area (TPSA) is 70.7 Å². The molecule has 0 aliphatic heterocycles. The highest BCUT2D eigenvalue weighted by Gasteiger charge is 2.39. The SMILES string of the molecule is Cc1nc(C(C)NC(=O)C(F)(F)F)n[nH]1. The fourth-order valence-electron chi connectivity index (χ4n) is 0.897. The zero-order valence-corrected chi connectivity index (χ0v) is 8.01. The molecule has 0 radical (unpaired) electrons. The Morgan fingerprint density at radius 3 is 2.53 bits per heavy atom. The van der Waals surface area contributed by atoms with Gasteiger partial charge in [-0.1, -0.05) is 0 Å². The minimum Gasteiger partial charge on any atom is -0.338 e. The number of H-pyrrole nitrogens is 1. The summed E-state index contributed by atoms with van der Waals surface area (Å²) in [6, 6.07) is -0.885. The summed E-state index contributed by atoms with van der Waals surface area (Å²) in [4.78, 5) is 14.4. The Kier molecular flexibility index (Phi) is 2.96. The second-order valence-corrected chi connectivity index (χ2v) is 2.97. The minimum atomic E-state index is -4.89. The molecule has 15 heavy (non-hydrogen) atoms. The zero-order valence-electron chi connectivity index (χ0n) is 8.01.